The Kier molecular flexibility index (Phi) is 3.67. The minimum absolute atomic E-state index is 0.226. The van der Waals surface area contributed by atoms with Crippen molar-refractivity contribution in [2.24, 2.45) is 5.41 Å². The molecule has 1 rings (SSSR count). The Morgan fingerprint density at radius 1 is 1.53 bits per heavy atom. The second kappa shape index (κ2) is 4.78. The molecule has 0 saturated carbocycles. The first-order valence-corrected chi connectivity index (χ1v) is 5.10. The smallest absolute Gasteiger partial charge is 0.165 e. The predicted molar refractivity (Wildman–Crippen MR) is 57.7 cm³/mol. The van der Waals surface area contributed by atoms with Gasteiger partial charge >= 0.3 is 0 Å². The molecule has 1 aromatic heterocycles. The predicted octanol–water partition coefficient (Wildman–Crippen LogP) is 1.58. The van der Waals surface area contributed by atoms with Gasteiger partial charge in [-0.1, -0.05) is 0 Å². The minimum atomic E-state index is -0.226. The summed E-state index contributed by atoms with van der Waals surface area (Å²) in [6.45, 7) is 4.67. The number of aromatic nitrogens is 3. The lowest BCUT2D eigenvalue weighted by atomic mass is 9.89. The van der Waals surface area contributed by atoms with Crippen molar-refractivity contribution in [1.82, 2.24) is 15.0 Å². The standard InChI is InChI=1S/C10H17N5/c1-10(2,8-11)5-3-4-6-15-13-7-9(12)14-15/h7H,3-6H2,1-2H3,(H2,12,14). The Labute approximate surface area is 89.9 Å². The third-order valence-corrected chi connectivity index (χ3v) is 2.27. The van der Waals surface area contributed by atoms with Crippen LogP contribution in [0.3, 0.4) is 0 Å². The van der Waals surface area contributed by atoms with E-state index in [2.05, 4.69) is 16.3 Å². The molecule has 0 amide bonds. The number of nitrogens with two attached hydrogens (primary N) is 1. The molecule has 5 heteroatoms. The van der Waals surface area contributed by atoms with Gasteiger partial charge in [0.25, 0.3) is 0 Å². The first-order chi connectivity index (χ1) is 7.03. The van der Waals surface area contributed by atoms with Gasteiger partial charge in [-0.05, 0) is 33.1 Å². The zero-order chi connectivity index (χ0) is 11.3. The van der Waals surface area contributed by atoms with E-state index in [1.807, 2.05) is 13.8 Å². The summed E-state index contributed by atoms with van der Waals surface area (Å²) in [4.78, 5) is 1.59. The van der Waals surface area contributed by atoms with Gasteiger partial charge in [-0.3, -0.25) is 0 Å². The first kappa shape index (κ1) is 11.5. The van der Waals surface area contributed by atoms with Crippen molar-refractivity contribution >= 4 is 5.82 Å². The van der Waals surface area contributed by atoms with Crippen molar-refractivity contribution in [3.8, 4) is 6.07 Å². The average molecular weight is 207 g/mol. The average Bonchev–Trinajstić information content (AvgIpc) is 2.59. The molecule has 82 valence electrons. The Morgan fingerprint density at radius 3 is 2.80 bits per heavy atom. The fourth-order valence-corrected chi connectivity index (χ4v) is 1.29. The molecule has 0 aromatic carbocycles. The molecule has 2 N–H and O–H groups in total. The maximum atomic E-state index is 8.82. The van der Waals surface area contributed by atoms with E-state index in [1.165, 1.54) is 0 Å². The highest BCUT2D eigenvalue weighted by molar-refractivity contribution is 5.19. The topological polar surface area (TPSA) is 80.5 Å². The summed E-state index contributed by atoms with van der Waals surface area (Å²) >= 11 is 0. The highest BCUT2D eigenvalue weighted by Crippen LogP contribution is 2.21. The van der Waals surface area contributed by atoms with E-state index in [0.29, 0.717) is 5.82 Å². The largest absolute Gasteiger partial charge is 0.381 e. The molecule has 0 unspecified atom stereocenters. The fourth-order valence-electron chi connectivity index (χ4n) is 1.29. The Hall–Kier alpha value is -1.57. The summed E-state index contributed by atoms with van der Waals surface area (Å²) in [6.07, 6.45) is 4.42. The van der Waals surface area contributed by atoms with Crippen molar-refractivity contribution in [2.45, 2.75) is 39.7 Å². The molecule has 15 heavy (non-hydrogen) atoms. The number of nitrogens with zero attached hydrogens (tertiary/aromatic N) is 4. The van der Waals surface area contributed by atoms with E-state index < -0.39 is 0 Å². The quantitative estimate of drug-likeness (QED) is 0.743. The van der Waals surface area contributed by atoms with Crippen LogP contribution in [0.2, 0.25) is 0 Å². The van der Waals surface area contributed by atoms with Crippen LogP contribution >= 0.6 is 0 Å². The van der Waals surface area contributed by atoms with Crippen LogP contribution in [0.15, 0.2) is 6.20 Å². The van der Waals surface area contributed by atoms with E-state index >= 15 is 0 Å². The van der Waals surface area contributed by atoms with Crippen LogP contribution in [-0.4, -0.2) is 15.0 Å². The second-order valence-electron chi connectivity index (χ2n) is 4.32. The number of nitrogen functional groups attached to an aromatic ring is 1. The minimum Gasteiger partial charge on any atom is -0.381 e. The van der Waals surface area contributed by atoms with Crippen LogP contribution in [0.1, 0.15) is 33.1 Å². The van der Waals surface area contributed by atoms with E-state index in [9.17, 15) is 0 Å². The molecule has 0 aliphatic rings. The molecule has 0 aliphatic carbocycles. The summed E-state index contributed by atoms with van der Waals surface area (Å²) < 4.78 is 0. The van der Waals surface area contributed by atoms with Gasteiger partial charge in [0.2, 0.25) is 0 Å². The number of hydrogen-bond donors (Lipinski definition) is 1. The SMILES string of the molecule is CC(C)(C#N)CCCCn1ncc(N)n1. The molecule has 0 atom stereocenters. The lowest BCUT2D eigenvalue weighted by Gasteiger charge is -2.13. The van der Waals surface area contributed by atoms with Crippen molar-refractivity contribution in [1.29, 1.82) is 5.26 Å². The summed E-state index contributed by atoms with van der Waals surface area (Å²) in [7, 11) is 0. The summed E-state index contributed by atoms with van der Waals surface area (Å²) in [5, 5.41) is 16.8. The van der Waals surface area contributed by atoms with Gasteiger partial charge < -0.3 is 5.73 Å². The van der Waals surface area contributed by atoms with Crippen LogP contribution in [0.25, 0.3) is 0 Å². The molecular weight excluding hydrogens is 190 g/mol. The number of unbranched alkanes of at least 4 members (excludes halogenated alkanes) is 1. The van der Waals surface area contributed by atoms with Gasteiger partial charge in [0.15, 0.2) is 5.82 Å². The Morgan fingerprint density at radius 2 is 2.27 bits per heavy atom. The van der Waals surface area contributed by atoms with Crippen molar-refractivity contribution in [3.05, 3.63) is 6.20 Å². The highest BCUT2D eigenvalue weighted by Gasteiger charge is 2.15. The van der Waals surface area contributed by atoms with Crippen LogP contribution in [0.5, 0.6) is 0 Å². The molecule has 0 fully saturated rings. The third kappa shape index (κ3) is 3.98. The number of hydrogen-bond acceptors (Lipinski definition) is 4. The molecule has 0 aliphatic heterocycles. The Balaban J connectivity index is 2.21. The molecule has 0 spiro atoms. The van der Waals surface area contributed by atoms with E-state index in [1.54, 1.807) is 11.0 Å². The normalized spacial score (nSPS) is 11.3. The maximum Gasteiger partial charge on any atom is 0.165 e. The summed E-state index contributed by atoms with van der Waals surface area (Å²) in [5.74, 6) is 0.451. The molecule has 0 saturated heterocycles. The lowest BCUT2D eigenvalue weighted by molar-refractivity contribution is 0.403. The fraction of sp³-hybridized carbons (Fsp3) is 0.700. The van der Waals surface area contributed by atoms with Gasteiger partial charge in [0.05, 0.1) is 24.2 Å². The molecule has 0 bridgehead atoms. The van der Waals surface area contributed by atoms with Crippen LogP contribution in [0, 0.1) is 16.7 Å². The zero-order valence-corrected chi connectivity index (χ0v) is 9.27. The third-order valence-electron chi connectivity index (χ3n) is 2.27. The Bertz CT molecular complexity index is 347. The van der Waals surface area contributed by atoms with Crippen molar-refractivity contribution < 1.29 is 0 Å². The van der Waals surface area contributed by atoms with Crippen LogP contribution in [-0.2, 0) is 6.54 Å². The molecule has 5 nitrogen and oxygen atoms in total. The van der Waals surface area contributed by atoms with Crippen LogP contribution in [0.4, 0.5) is 5.82 Å². The van der Waals surface area contributed by atoms with E-state index in [-0.39, 0.29) is 5.41 Å². The van der Waals surface area contributed by atoms with E-state index in [4.69, 9.17) is 11.0 Å². The monoisotopic (exact) mass is 207 g/mol. The maximum absolute atomic E-state index is 8.82. The van der Waals surface area contributed by atoms with Crippen molar-refractivity contribution in [2.75, 3.05) is 5.73 Å². The van der Waals surface area contributed by atoms with Gasteiger partial charge in [0, 0.05) is 0 Å². The molecular formula is C10H17N5. The molecule has 1 aromatic rings. The summed E-state index contributed by atoms with van der Waals surface area (Å²) in [5.41, 5.74) is 5.21. The lowest BCUT2D eigenvalue weighted by Crippen LogP contribution is -2.09. The van der Waals surface area contributed by atoms with Gasteiger partial charge in [-0.15, -0.1) is 5.10 Å². The van der Waals surface area contributed by atoms with Crippen molar-refractivity contribution in [3.63, 3.8) is 0 Å². The number of nitriles is 1. The zero-order valence-electron chi connectivity index (χ0n) is 9.27. The van der Waals surface area contributed by atoms with Gasteiger partial charge in [-0.2, -0.15) is 15.2 Å². The van der Waals surface area contributed by atoms with E-state index in [0.717, 1.165) is 25.8 Å². The van der Waals surface area contributed by atoms with Gasteiger partial charge in [0.1, 0.15) is 0 Å². The first-order valence-electron chi connectivity index (χ1n) is 5.10. The number of anilines is 1. The molecule has 1 heterocycles. The van der Waals surface area contributed by atoms with Crippen LogP contribution < -0.4 is 5.73 Å². The number of rotatable bonds is 5. The van der Waals surface area contributed by atoms with Gasteiger partial charge in [-0.25, -0.2) is 0 Å². The number of aryl methyl sites for hydroxylation is 1. The second-order valence-corrected chi connectivity index (χ2v) is 4.32. The molecule has 0 radical (unpaired) electrons. The summed E-state index contributed by atoms with van der Waals surface area (Å²) in [6, 6.07) is 2.29. The highest BCUT2D eigenvalue weighted by atomic mass is 15.5.